The van der Waals surface area contributed by atoms with Crippen LogP contribution in [0, 0.1) is 0 Å². The zero-order valence-electron chi connectivity index (χ0n) is 6.76. The van der Waals surface area contributed by atoms with Gasteiger partial charge in [0.1, 0.15) is 0 Å². The Morgan fingerprint density at radius 1 is 1.40 bits per heavy atom. The Kier molecular flexibility index (Phi) is 2.75. The van der Waals surface area contributed by atoms with Gasteiger partial charge in [-0.2, -0.15) is 0 Å². The molecule has 58 valence electrons. The lowest BCUT2D eigenvalue weighted by atomic mass is 10.3. The first kappa shape index (κ1) is 7.61. The smallest absolute Gasteiger partial charge is 0.0642 e. The van der Waals surface area contributed by atoms with Gasteiger partial charge in [-0.25, -0.2) is 0 Å². The van der Waals surface area contributed by atoms with E-state index in [9.17, 15) is 0 Å². The van der Waals surface area contributed by atoms with Crippen molar-refractivity contribution < 1.29 is 4.74 Å². The van der Waals surface area contributed by atoms with E-state index in [1.54, 1.807) is 0 Å². The van der Waals surface area contributed by atoms with Crippen LogP contribution in [-0.4, -0.2) is 31.2 Å². The number of rotatable bonds is 1. The number of hydrogen-bond acceptors (Lipinski definition) is 2. The molecule has 1 saturated heterocycles. The van der Waals surface area contributed by atoms with Crippen LogP contribution in [0.2, 0.25) is 0 Å². The second-order valence-corrected chi connectivity index (χ2v) is 2.53. The van der Waals surface area contributed by atoms with Crippen molar-refractivity contribution in [3.63, 3.8) is 0 Å². The quantitative estimate of drug-likeness (QED) is 0.545. The van der Waals surface area contributed by atoms with E-state index >= 15 is 0 Å². The Morgan fingerprint density at radius 2 is 2.00 bits per heavy atom. The molecule has 0 aromatic carbocycles. The number of hydrogen-bond donors (Lipinski definition) is 0. The van der Waals surface area contributed by atoms with Gasteiger partial charge in [0.05, 0.1) is 13.2 Å². The van der Waals surface area contributed by atoms with Crippen molar-refractivity contribution in [3.8, 4) is 0 Å². The van der Waals surface area contributed by atoms with Crippen LogP contribution in [0.1, 0.15) is 13.8 Å². The molecule has 1 fully saturated rings. The summed E-state index contributed by atoms with van der Waals surface area (Å²) < 4.78 is 5.23. The highest BCUT2D eigenvalue weighted by molar-refractivity contribution is 4.95. The molecule has 2 heteroatoms. The summed E-state index contributed by atoms with van der Waals surface area (Å²) in [5.41, 5.74) is 1.36. The van der Waals surface area contributed by atoms with Crippen molar-refractivity contribution in [2.75, 3.05) is 26.3 Å². The van der Waals surface area contributed by atoms with Gasteiger partial charge < -0.3 is 9.64 Å². The Morgan fingerprint density at radius 3 is 2.50 bits per heavy atom. The van der Waals surface area contributed by atoms with Gasteiger partial charge >= 0.3 is 0 Å². The third-order valence-electron chi connectivity index (χ3n) is 1.93. The first-order valence-electron chi connectivity index (χ1n) is 3.80. The maximum atomic E-state index is 5.23. The lowest BCUT2D eigenvalue weighted by Crippen LogP contribution is -2.34. The van der Waals surface area contributed by atoms with E-state index in [4.69, 9.17) is 4.74 Å². The summed E-state index contributed by atoms with van der Waals surface area (Å²) in [6.07, 6.45) is 2.14. The van der Waals surface area contributed by atoms with Gasteiger partial charge in [0.25, 0.3) is 0 Å². The molecule has 2 nitrogen and oxygen atoms in total. The van der Waals surface area contributed by atoms with Gasteiger partial charge in [0, 0.05) is 18.8 Å². The summed E-state index contributed by atoms with van der Waals surface area (Å²) in [4.78, 5) is 2.35. The van der Waals surface area contributed by atoms with Gasteiger partial charge in [0.15, 0.2) is 0 Å². The van der Waals surface area contributed by atoms with Crippen LogP contribution >= 0.6 is 0 Å². The Bertz CT molecular complexity index is 125. The van der Waals surface area contributed by atoms with Gasteiger partial charge in [-0.3, -0.25) is 0 Å². The van der Waals surface area contributed by atoms with E-state index in [0.717, 1.165) is 26.3 Å². The van der Waals surface area contributed by atoms with E-state index in [1.165, 1.54) is 5.70 Å². The molecule has 0 radical (unpaired) electrons. The second kappa shape index (κ2) is 3.62. The summed E-state index contributed by atoms with van der Waals surface area (Å²) in [6, 6.07) is 0. The molecule has 0 aliphatic carbocycles. The fraction of sp³-hybridized carbons (Fsp3) is 0.750. The van der Waals surface area contributed by atoms with Crippen LogP contribution in [0.25, 0.3) is 0 Å². The number of nitrogens with zero attached hydrogens (tertiary/aromatic N) is 1. The molecule has 0 aromatic heterocycles. The fourth-order valence-corrected chi connectivity index (χ4v) is 1.10. The summed E-state index contributed by atoms with van der Waals surface area (Å²) in [5, 5.41) is 0. The maximum Gasteiger partial charge on any atom is 0.0642 e. The average Bonchev–Trinajstić information content (AvgIpc) is 2.05. The molecular weight excluding hydrogens is 126 g/mol. The van der Waals surface area contributed by atoms with Crippen molar-refractivity contribution in [1.82, 2.24) is 4.90 Å². The van der Waals surface area contributed by atoms with Crippen molar-refractivity contribution in [2.45, 2.75) is 13.8 Å². The van der Waals surface area contributed by atoms with Crippen LogP contribution in [0.5, 0.6) is 0 Å². The summed E-state index contributed by atoms with van der Waals surface area (Å²) in [7, 11) is 0. The third-order valence-corrected chi connectivity index (χ3v) is 1.93. The molecule has 0 N–H and O–H groups in total. The SMILES string of the molecule is C/C=C(\C)N1CCOCC1. The highest BCUT2D eigenvalue weighted by Crippen LogP contribution is 2.05. The van der Waals surface area contributed by atoms with E-state index in [1.807, 2.05) is 0 Å². The van der Waals surface area contributed by atoms with Gasteiger partial charge in [-0.1, -0.05) is 6.08 Å². The molecule has 1 rings (SSSR count). The minimum Gasteiger partial charge on any atom is -0.378 e. The molecule has 0 bridgehead atoms. The highest BCUT2D eigenvalue weighted by Gasteiger charge is 2.08. The molecule has 0 unspecified atom stereocenters. The second-order valence-electron chi connectivity index (χ2n) is 2.53. The van der Waals surface area contributed by atoms with Crippen LogP contribution in [0.4, 0.5) is 0 Å². The minimum atomic E-state index is 0.880. The topological polar surface area (TPSA) is 12.5 Å². The van der Waals surface area contributed by atoms with Gasteiger partial charge in [-0.15, -0.1) is 0 Å². The molecule has 0 atom stereocenters. The van der Waals surface area contributed by atoms with Crippen LogP contribution in [0.3, 0.4) is 0 Å². The van der Waals surface area contributed by atoms with Crippen molar-refractivity contribution >= 4 is 0 Å². The largest absolute Gasteiger partial charge is 0.378 e. The standard InChI is InChI=1S/C8H15NO/c1-3-8(2)9-4-6-10-7-5-9/h3H,4-7H2,1-2H3/b8-3+. The van der Waals surface area contributed by atoms with E-state index in [-0.39, 0.29) is 0 Å². The number of ether oxygens (including phenoxy) is 1. The monoisotopic (exact) mass is 141 g/mol. The number of morpholine rings is 1. The highest BCUT2D eigenvalue weighted by atomic mass is 16.5. The lowest BCUT2D eigenvalue weighted by molar-refractivity contribution is 0.0537. The van der Waals surface area contributed by atoms with Gasteiger partial charge in [-0.05, 0) is 13.8 Å². The molecule has 1 heterocycles. The Balaban J connectivity index is 2.39. The average molecular weight is 141 g/mol. The zero-order chi connectivity index (χ0) is 7.40. The fourth-order valence-electron chi connectivity index (χ4n) is 1.10. The van der Waals surface area contributed by atoms with Crippen molar-refractivity contribution in [2.24, 2.45) is 0 Å². The first-order chi connectivity index (χ1) is 4.84. The van der Waals surface area contributed by atoms with Crippen molar-refractivity contribution in [3.05, 3.63) is 11.8 Å². The molecule has 1 aliphatic heterocycles. The summed E-state index contributed by atoms with van der Waals surface area (Å²) in [5.74, 6) is 0. The molecule has 10 heavy (non-hydrogen) atoms. The van der Waals surface area contributed by atoms with Crippen LogP contribution in [0.15, 0.2) is 11.8 Å². The van der Waals surface area contributed by atoms with Crippen molar-refractivity contribution in [1.29, 1.82) is 0 Å². The summed E-state index contributed by atoms with van der Waals surface area (Å²) >= 11 is 0. The maximum absolute atomic E-state index is 5.23. The van der Waals surface area contributed by atoms with E-state index in [2.05, 4.69) is 24.8 Å². The number of allylic oxidation sites excluding steroid dienone is 2. The lowest BCUT2D eigenvalue weighted by Gasteiger charge is -2.29. The molecule has 0 amide bonds. The first-order valence-corrected chi connectivity index (χ1v) is 3.80. The molecular formula is C8H15NO. The van der Waals surface area contributed by atoms with Gasteiger partial charge in [0.2, 0.25) is 0 Å². The predicted molar refractivity (Wildman–Crippen MR) is 41.8 cm³/mol. The minimum absolute atomic E-state index is 0.880. The van der Waals surface area contributed by atoms with E-state index in [0.29, 0.717) is 0 Å². The zero-order valence-corrected chi connectivity index (χ0v) is 6.76. The Hall–Kier alpha value is -0.500. The molecule has 0 spiro atoms. The van der Waals surface area contributed by atoms with E-state index < -0.39 is 0 Å². The molecule has 0 aromatic rings. The predicted octanol–water partition coefficient (Wildman–Crippen LogP) is 1.24. The third kappa shape index (κ3) is 1.74. The normalized spacial score (nSPS) is 21.4. The Labute approximate surface area is 62.5 Å². The molecule has 0 saturated carbocycles. The summed E-state index contributed by atoms with van der Waals surface area (Å²) in [6.45, 7) is 8.08. The van der Waals surface area contributed by atoms with Crippen LogP contribution < -0.4 is 0 Å². The van der Waals surface area contributed by atoms with Crippen LogP contribution in [-0.2, 0) is 4.74 Å². The molecule has 1 aliphatic rings.